The molecule has 0 spiro atoms. The maximum absolute atomic E-state index is 16.6. The normalized spacial score (nSPS) is 21.7. The molecule has 250 valence electrons. The highest BCUT2D eigenvalue weighted by atomic mass is 35.5. The van der Waals surface area contributed by atoms with E-state index in [9.17, 15) is 9.18 Å². The van der Waals surface area contributed by atoms with Gasteiger partial charge in [-0.05, 0) is 64.3 Å². The van der Waals surface area contributed by atoms with Crippen LogP contribution in [0.3, 0.4) is 0 Å². The van der Waals surface area contributed by atoms with Crippen LogP contribution in [0.1, 0.15) is 58.3 Å². The first kappa shape index (κ1) is 31.7. The molecule has 1 aromatic carbocycles. The molecule has 11 nitrogen and oxygen atoms in total. The average molecular weight is 669 g/mol. The molecule has 1 saturated carbocycles. The molecule has 2 unspecified atom stereocenters. The topological polar surface area (TPSA) is 121 Å². The average Bonchev–Trinajstić information content (AvgIpc) is 3.63. The number of pyridine rings is 1. The molecule has 3 aliphatic heterocycles. The molecule has 4 aromatic rings. The minimum absolute atomic E-state index is 0.0242. The summed E-state index contributed by atoms with van der Waals surface area (Å²) in [7, 11) is 0. The Bertz CT molecular complexity index is 1760. The van der Waals surface area contributed by atoms with Crippen molar-refractivity contribution in [1.29, 1.82) is 0 Å². The number of rotatable bonds is 7. The lowest BCUT2D eigenvalue weighted by molar-refractivity contribution is 0.107. The third-order valence-corrected chi connectivity index (χ3v) is 9.68. The van der Waals surface area contributed by atoms with Crippen LogP contribution >= 0.6 is 11.6 Å². The van der Waals surface area contributed by atoms with E-state index in [0.717, 1.165) is 38.8 Å². The molecule has 0 radical (unpaired) electrons. The smallest absolute Gasteiger partial charge is 0.407 e. The van der Waals surface area contributed by atoms with Gasteiger partial charge in [-0.3, -0.25) is 15.0 Å². The lowest BCUT2D eigenvalue weighted by Crippen LogP contribution is -2.54. The standard InChI is InChI=1S/C30H33ClF2N8O3.C3H6/c1-2-43-29(42)36-23-15-40(10-5-21(23)32)27-20-13-34-25(18-11-17(31)12-22-19(18)14-35-39-22)24(33)26(20)37-28(38-27)44-16-30-6-3-8-41(30)9-4-7-30;1-2-3-1/h11-14,21,23H,2-10,15-16H2,1H3,(H,35,39)(H,36,42);1-3H2. The maximum Gasteiger partial charge on any atom is 0.407 e. The van der Waals surface area contributed by atoms with Gasteiger partial charge in [0.1, 0.15) is 29.8 Å². The molecule has 1 aliphatic carbocycles. The molecule has 0 bridgehead atoms. The first-order valence-electron chi connectivity index (χ1n) is 16.5. The monoisotopic (exact) mass is 668 g/mol. The first-order valence-corrected chi connectivity index (χ1v) is 16.9. The Morgan fingerprint density at radius 3 is 2.64 bits per heavy atom. The van der Waals surface area contributed by atoms with Crippen molar-refractivity contribution in [3.8, 4) is 17.3 Å². The van der Waals surface area contributed by atoms with Crippen LogP contribution in [0, 0.1) is 5.82 Å². The summed E-state index contributed by atoms with van der Waals surface area (Å²) >= 11 is 6.36. The predicted octanol–water partition coefficient (Wildman–Crippen LogP) is 6.20. The Morgan fingerprint density at radius 2 is 1.89 bits per heavy atom. The van der Waals surface area contributed by atoms with E-state index in [1.807, 2.05) is 4.90 Å². The second-order valence-corrected chi connectivity index (χ2v) is 13.2. The second-order valence-electron chi connectivity index (χ2n) is 12.8. The number of nitrogens with zero attached hydrogens (tertiary/aromatic N) is 6. The van der Waals surface area contributed by atoms with E-state index in [4.69, 9.17) is 26.1 Å². The molecule has 3 aromatic heterocycles. The number of alkyl halides is 1. The van der Waals surface area contributed by atoms with Crippen molar-refractivity contribution < 1.29 is 23.0 Å². The molecule has 2 atom stereocenters. The number of aromatic nitrogens is 5. The fourth-order valence-electron chi connectivity index (χ4n) is 6.96. The Balaban J connectivity index is 0.00000111. The first-order chi connectivity index (χ1) is 22.8. The lowest BCUT2D eigenvalue weighted by atomic mass is 9.95. The summed E-state index contributed by atoms with van der Waals surface area (Å²) < 4.78 is 42.8. The maximum atomic E-state index is 16.6. The highest BCUT2D eigenvalue weighted by Gasteiger charge is 2.45. The number of aromatic amines is 1. The summed E-state index contributed by atoms with van der Waals surface area (Å²) in [6.07, 6.45) is 10.0. The highest BCUT2D eigenvalue weighted by molar-refractivity contribution is 6.31. The number of hydrogen-bond donors (Lipinski definition) is 2. The lowest BCUT2D eigenvalue weighted by Gasteiger charge is -2.36. The van der Waals surface area contributed by atoms with E-state index in [2.05, 4.69) is 30.4 Å². The van der Waals surface area contributed by atoms with Gasteiger partial charge < -0.3 is 19.7 Å². The zero-order valence-electron chi connectivity index (χ0n) is 26.4. The van der Waals surface area contributed by atoms with Gasteiger partial charge in [-0.25, -0.2) is 13.6 Å². The van der Waals surface area contributed by atoms with E-state index < -0.39 is 24.1 Å². The number of nitrogens with one attached hydrogen (secondary N) is 2. The molecule has 14 heteroatoms. The quantitative estimate of drug-likeness (QED) is 0.237. The summed E-state index contributed by atoms with van der Waals surface area (Å²) in [6, 6.07) is 2.54. The van der Waals surface area contributed by atoms with Crippen molar-refractivity contribution in [2.24, 2.45) is 0 Å². The van der Waals surface area contributed by atoms with Crippen LogP contribution in [0.15, 0.2) is 24.5 Å². The van der Waals surface area contributed by atoms with Gasteiger partial charge >= 0.3 is 12.1 Å². The van der Waals surface area contributed by atoms with Crippen molar-refractivity contribution in [3.63, 3.8) is 0 Å². The molecule has 3 saturated heterocycles. The van der Waals surface area contributed by atoms with Crippen LogP contribution < -0.4 is 15.0 Å². The predicted molar refractivity (Wildman–Crippen MR) is 175 cm³/mol. The number of anilines is 1. The molecule has 47 heavy (non-hydrogen) atoms. The largest absolute Gasteiger partial charge is 0.461 e. The minimum Gasteiger partial charge on any atom is -0.461 e. The number of H-pyrrole nitrogens is 1. The van der Waals surface area contributed by atoms with Gasteiger partial charge in [-0.1, -0.05) is 30.9 Å². The van der Waals surface area contributed by atoms with E-state index >= 15 is 4.39 Å². The zero-order chi connectivity index (χ0) is 32.5. The Labute approximate surface area is 276 Å². The van der Waals surface area contributed by atoms with Crippen LogP contribution in [0.4, 0.5) is 19.4 Å². The van der Waals surface area contributed by atoms with E-state index in [1.54, 1.807) is 25.3 Å². The van der Waals surface area contributed by atoms with Crippen LogP contribution in [-0.2, 0) is 4.74 Å². The van der Waals surface area contributed by atoms with Crippen molar-refractivity contribution in [2.45, 2.75) is 76.0 Å². The van der Waals surface area contributed by atoms with Gasteiger partial charge in [0.2, 0.25) is 0 Å². The summed E-state index contributed by atoms with van der Waals surface area (Å²) in [6.45, 7) is 4.69. The Hall–Kier alpha value is -3.84. The van der Waals surface area contributed by atoms with Crippen LogP contribution in [0.25, 0.3) is 33.1 Å². The van der Waals surface area contributed by atoms with Crippen molar-refractivity contribution >= 4 is 45.3 Å². The number of benzene rings is 1. The third kappa shape index (κ3) is 6.52. The molecule has 4 fully saturated rings. The molecular formula is C33H39ClF2N8O3. The number of halogens is 3. The van der Waals surface area contributed by atoms with Crippen LogP contribution in [0.5, 0.6) is 6.01 Å². The van der Waals surface area contributed by atoms with Gasteiger partial charge in [0.25, 0.3) is 0 Å². The number of alkyl carbamates (subject to hydrolysis) is 1. The van der Waals surface area contributed by atoms with Gasteiger partial charge in [-0.2, -0.15) is 15.1 Å². The zero-order valence-corrected chi connectivity index (χ0v) is 27.2. The number of carbonyl (C=O) groups is 1. The fourth-order valence-corrected chi connectivity index (χ4v) is 7.18. The number of piperidine rings is 1. The summed E-state index contributed by atoms with van der Waals surface area (Å²) in [5, 5.41) is 11.0. The number of carbonyl (C=O) groups excluding carboxylic acids is 1. The Kier molecular flexibility index (Phi) is 9.01. The van der Waals surface area contributed by atoms with Crippen molar-refractivity contribution in [3.05, 3.63) is 35.4 Å². The fraction of sp³-hybridized carbons (Fsp3) is 0.545. The Morgan fingerprint density at radius 1 is 1.11 bits per heavy atom. The SMILES string of the molecule is C1CC1.CCOC(=O)NC1CN(c2nc(OCC34CCCN3CCC4)nc3c(F)c(-c4cc(Cl)cc5[nH]ncc45)ncc23)CCC1F. The number of hydrogen-bond acceptors (Lipinski definition) is 9. The van der Waals surface area contributed by atoms with E-state index in [1.165, 1.54) is 25.5 Å². The molecule has 4 aliphatic rings. The van der Waals surface area contributed by atoms with Crippen LogP contribution in [0.2, 0.25) is 5.02 Å². The van der Waals surface area contributed by atoms with Crippen LogP contribution in [-0.4, -0.2) is 93.3 Å². The molecule has 8 rings (SSSR count). The third-order valence-electron chi connectivity index (χ3n) is 9.46. The minimum atomic E-state index is -1.28. The molecule has 6 heterocycles. The molecule has 2 N–H and O–H groups in total. The van der Waals surface area contributed by atoms with Crippen molar-refractivity contribution in [1.82, 2.24) is 35.4 Å². The molecule has 1 amide bonds. The van der Waals surface area contributed by atoms with Gasteiger partial charge in [0, 0.05) is 35.3 Å². The number of ether oxygens (including phenoxy) is 2. The van der Waals surface area contributed by atoms with Gasteiger partial charge in [0.05, 0.1) is 35.3 Å². The second kappa shape index (κ2) is 13.3. The number of amides is 1. The summed E-state index contributed by atoms with van der Waals surface area (Å²) in [5.41, 5.74) is 1.12. The van der Waals surface area contributed by atoms with Gasteiger partial charge in [0.15, 0.2) is 5.82 Å². The molecular weight excluding hydrogens is 630 g/mol. The van der Waals surface area contributed by atoms with Gasteiger partial charge in [-0.15, -0.1) is 0 Å². The van der Waals surface area contributed by atoms with Crippen molar-refractivity contribution in [2.75, 3.05) is 44.3 Å². The number of fused-ring (bicyclic) bond motifs is 3. The van der Waals surface area contributed by atoms with E-state index in [0.29, 0.717) is 45.8 Å². The summed E-state index contributed by atoms with van der Waals surface area (Å²) in [5.74, 6) is -0.305. The van der Waals surface area contributed by atoms with E-state index in [-0.39, 0.29) is 42.3 Å². The summed E-state index contributed by atoms with van der Waals surface area (Å²) in [4.78, 5) is 30.2. The highest BCUT2D eigenvalue weighted by Crippen LogP contribution is 2.40.